The lowest BCUT2D eigenvalue weighted by Crippen LogP contribution is -2.30. The third-order valence-corrected chi connectivity index (χ3v) is 3.26. The fourth-order valence-corrected chi connectivity index (χ4v) is 2.28. The molecule has 15 heavy (non-hydrogen) atoms. The summed E-state index contributed by atoms with van der Waals surface area (Å²) in [5, 5.41) is 3.27. The summed E-state index contributed by atoms with van der Waals surface area (Å²) in [6.45, 7) is 0.848. The van der Waals surface area contributed by atoms with Crippen LogP contribution < -0.4 is 5.32 Å². The third kappa shape index (κ3) is 2.42. The second-order valence-electron chi connectivity index (χ2n) is 3.76. The van der Waals surface area contributed by atoms with Gasteiger partial charge in [-0.15, -0.1) is 0 Å². The molecule has 1 aliphatic rings. The van der Waals surface area contributed by atoms with Crippen molar-refractivity contribution in [2.45, 2.75) is 12.5 Å². The maximum atomic E-state index is 11.7. The van der Waals surface area contributed by atoms with Crippen molar-refractivity contribution in [1.82, 2.24) is 4.90 Å². The van der Waals surface area contributed by atoms with Gasteiger partial charge in [-0.1, -0.05) is 6.07 Å². The summed E-state index contributed by atoms with van der Waals surface area (Å²) in [7, 11) is 1.85. The summed E-state index contributed by atoms with van der Waals surface area (Å²) >= 11 is 2.27. The SMILES string of the molecule is CN1CCC(Nc2cccc(I)c2)C1=O. The Labute approximate surface area is 103 Å². The van der Waals surface area contributed by atoms with Gasteiger partial charge in [0.2, 0.25) is 5.91 Å². The molecular formula is C11H13IN2O. The minimum Gasteiger partial charge on any atom is -0.374 e. The van der Waals surface area contributed by atoms with Crippen molar-refractivity contribution in [3.63, 3.8) is 0 Å². The third-order valence-electron chi connectivity index (χ3n) is 2.59. The summed E-state index contributed by atoms with van der Waals surface area (Å²) in [5.74, 6) is 0.189. The van der Waals surface area contributed by atoms with Crippen LogP contribution in [0.2, 0.25) is 0 Å². The lowest BCUT2D eigenvalue weighted by atomic mass is 10.2. The van der Waals surface area contributed by atoms with E-state index in [0.29, 0.717) is 0 Å². The Hall–Kier alpha value is -0.780. The van der Waals surface area contributed by atoms with Crippen LogP contribution in [-0.2, 0) is 4.79 Å². The number of amides is 1. The molecule has 80 valence electrons. The molecule has 0 spiro atoms. The molecule has 0 aromatic heterocycles. The number of hydrogen-bond donors (Lipinski definition) is 1. The summed E-state index contributed by atoms with van der Waals surface area (Å²) < 4.78 is 1.18. The maximum absolute atomic E-state index is 11.7. The van der Waals surface area contributed by atoms with Crippen molar-refractivity contribution in [3.8, 4) is 0 Å². The minimum atomic E-state index is -0.0480. The topological polar surface area (TPSA) is 32.3 Å². The molecule has 0 radical (unpaired) electrons. The molecule has 0 saturated carbocycles. The van der Waals surface area contributed by atoms with E-state index in [1.165, 1.54) is 3.57 Å². The van der Waals surface area contributed by atoms with Crippen molar-refractivity contribution in [3.05, 3.63) is 27.8 Å². The van der Waals surface area contributed by atoms with Gasteiger partial charge in [0.15, 0.2) is 0 Å². The van der Waals surface area contributed by atoms with Crippen LogP contribution >= 0.6 is 22.6 Å². The first kappa shape index (κ1) is 10.7. The van der Waals surface area contributed by atoms with E-state index in [2.05, 4.69) is 27.9 Å². The molecule has 2 rings (SSSR count). The minimum absolute atomic E-state index is 0.0480. The lowest BCUT2D eigenvalue weighted by Gasteiger charge is -2.13. The number of hydrogen-bond acceptors (Lipinski definition) is 2. The molecule has 1 N–H and O–H groups in total. The quantitative estimate of drug-likeness (QED) is 0.846. The lowest BCUT2D eigenvalue weighted by molar-refractivity contribution is -0.127. The highest BCUT2D eigenvalue weighted by Crippen LogP contribution is 2.17. The molecule has 0 bridgehead atoms. The monoisotopic (exact) mass is 316 g/mol. The van der Waals surface area contributed by atoms with Crippen LogP contribution in [0.3, 0.4) is 0 Å². The van der Waals surface area contributed by atoms with Crippen molar-refractivity contribution < 1.29 is 4.79 Å². The number of rotatable bonds is 2. The Kier molecular flexibility index (Phi) is 3.14. The molecule has 1 atom stereocenters. The summed E-state index contributed by atoms with van der Waals surface area (Å²) in [6.07, 6.45) is 0.890. The maximum Gasteiger partial charge on any atom is 0.244 e. The number of carbonyl (C=O) groups excluding carboxylic acids is 1. The van der Waals surface area contributed by atoms with E-state index >= 15 is 0 Å². The average molecular weight is 316 g/mol. The van der Waals surface area contributed by atoms with Crippen LogP contribution in [0.1, 0.15) is 6.42 Å². The smallest absolute Gasteiger partial charge is 0.244 e. The van der Waals surface area contributed by atoms with E-state index < -0.39 is 0 Å². The Bertz CT molecular complexity index is 381. The number of nitrogens with one attached hydrogen (secondary N) is 1. The molecule has 1 saturated heterocycles. The second-order valence-corrected chi connectivity index (χ2v) is 5.00. The molecule has 1 unspecified atom stereocenters. The molecule has 1 aromatic rings. The average Bonchev–Trinajstić information content (AvgIpc) is 2.50. The van der Waals surface area contributed by atoms with Gasteiger partial charge < -0.3 is 10.2 Å². The van der Waals surface area contributed by atoms with E-state index in [0.717, 1.165) is 18.7 Å². The number of benzene rings is 1. The van der Waals surface area contributed by atoms with E-state index in [1.807, 2.05) is 31.3 Å². The fraction of sp³-hybridized carbons (Fsp3) is 0.364. The Balaban J connectivity index is 2.06. The molecule has 0 aliphatic carbocycles. The highest BCUT2D eigenvalue weighted by atomic mass is 127. The number of halogens is 1. The molecule has 1 heterocycles. The number of carbonyl (C=O) groups is 1. The molecule has 4 heteroatoms. The molecule has 1 aliphatic heterocycles. The number of likely N-dealkylation sites (N-methyl/N-ethyl adjacent to an activating group) is 1. The van der Waals surface area contributed by atoms with Gasteiger partial charge in [-0.2, -0.15) is 0 Å². The zero-order valence-electron chi connectivity index (χ0n) is 8.53. The van der Waals surface area contributed by atoms with Crippen molar-refractivity contribution in [2.75, 3.05) is 18.9 Å². The number of nitrogens with zero attached hydrogens (tertiary/aromatic N) is 1. The van der Waals surface area contributed by atoms with E-state index in [9.17, 15) is 4.79 Å². The van der Waals surface area contributed by atoms with Gasteiger partial charge in [-0.05, 0) is 47.2 Å². The van der Waals surface area contributed by atoms with E-state index in [4.69, 9.17) is 0 Å². The standard InChI is InChI=1S/C11H13IN2O/c1-14-6-5-10(11(14)15)13-9-4-2-3-8(12)7-9/h2-4,7,10,13H,5-6H2,1H3. The number of likely N-dealkylation sites (tertiary alicyclic amines) is 1. The first-order chi connectivity index (χ1) is 7.16. The highest BCUT2D eigenvalue weighted by molar-refractivity contribution is 14.1. The first-order valence-electron chi connectivity index (χ1n) is 4.94. The van der Waals surface area contributed by atoms with Crippen LogP contribution in [0, 0.1) is 3.57 Å². The molecular weight excluding hydrogens is 303 g/mol. The van der Waals surface area contributed by atoms with E-state index in [-0.39, 0.29) is 11.9 Å². The van der Waals surface area contributed by atoms with Gasteiger partial charge in [0.05, 0.1) is 0 Å². The van der Waals surface area contributed by atoms with E-state index in [1.54, 1.807) is 4.90 Å². The number of anilines is 1. The van der Waals surface area contributed by atoms with Gasteiger partial charge in [0.1, 0.15) is 6.04 Å². The zero-order chi connectivity index (χ0) is 10.8. The molecule has 3 nitrogen and oxygen atoms in total. The fourth-order valence-electron chi connectivity index (χ4n) is 1.74. The zero-order valence-corrected chi connectivity index (χ0v) is 10.7. The Morgan fingerprint density at radius 3 is 2.93 bits per heavy atom. The van der Waals surface area contributed by atoms with Gasteiger partial charge >= 0.3 is 0 Å². The van der Waals surface area contributed by atoms with Gasteiger partial charge in [-0.25, -0.2) is 0 Å². The predicted octanol–water partition coefficient (Wildman–Crippen LogP) is 1.93. The Morgan fingerprint density at radius 2 is 2.33 bits per heavy atom. The molecule has 1 amide bonds. The van der Waals surface area contributed by atoms with Crippen LogP contribution in [0.25, 0.3) is 0 Å². The second kappa shape index (κ2) is 4.38. The van der Waals surface area contributed by atoms with Crippen LogP contribution in [0.15, 0.2) is 24.3 Å². The molecule has 1 aromatic carbocycles. The first-order valence-corrected chi connectivity index (χ1v) is 6.02. The largest absolute Gasteiger partial charge is 0.374 e. The van der Waals surface area contributed by atoms with Crippen molar-refractivity contribution >= 4 is 34.2 Å². The van der Waals surface area contributed by atoms with Crippen molar-refractivity contribution in [1.29, 1.82) is 0 Å². The van der Waals surface area contributed by atoms with Gasteiger partial charge in [-0.3, -0.25) is 4.79 Å². The normalized spacial score (nSPS) is 20.8. The highest BCUT2D eigenvalue weighted by Gasteiger charge is 2.28. The van der Waals surface area contributed by atoms with Gasteiger partial charge in [0.25, 0.3) is 0 Å². The van der Waals surface area contributed by atoms with Gasteiger partial charge in [0, 0.05) is 22.8 Å². The summed E-state index contributed by atoms with van der Waals surface area (Å²) in [4.78, 5) is 13.4. The van der Waals surface area contributed by atoms with Crippen LogP contribution in [0.5, 0.6) is 0 Å². The molecule has 1 fully saturated rings. The summed E-state index contributed by atoms with van der Waals surface area (Å²) in [6, 6.07) is 8.02. The van der Waals surface area contributed by atoms with Crippen LogP contribution in [-0.4, -0.2) is 30.4 Å². The predicted molar refractivity (Wildman–Crippen MR) is 68.8 cm³/mol. The van der Waals surface area contributed by atoms with Crippen molar-refractivity contribution in [2.24, 2.45) is 0 Å². The van der Waals surface area contributed by atoms with Crippen LogP contribution in [0.4, 0.5) is 5.69 Å². The Morgan fingerprint density at radius 1 is 1.53 bits per heavy atom. The summed E-state index contributed by atoms with van der Waals surface area (Å²) in [5.41, 5.74) is 1.02.